The van der Waals surface area contributed by atoms with Gasteiger partial charge in [-0.1, -0.05) is 205 Å². The van der Waals surface area contributed by atoms with Gasteiger partial charge in [0.2, 0.25) is 0 Å². The number of amides is 4. The summed E-state index contributed by atoms with van der Waals surface area (Å²) in [5.41, 5.74) is 2.74. The number of hydrogen-bond acceptors (Lipinski definition) is 6. The summed E-state index contributed by atoms with van der Waals surface area (Å²) in [5, 5.41) is 27.7. The number of benzene rings is 5. The highest BCUT2D eigenvalue weighted by Crippen LogP contribution is 2.48. The van der Waals surface area contributed by atoms with E-state index in [4.69, 9.17) is 0 Å². The van der Waals surface area contributed by atoms with Crippen LogP contribution in [0.15, 0.2) is 36.4 Å². The standard InChI is InChI=1S/C64H82N2O6/c1-5-9-13-15-17-19-21-23-25-29-41-65-61(69)51-39-37-49-56-46(34-36-48(68)32-28-12-8-4)44-54-58-52(62(70)66(64(54)72)42-30-26-24-22-20-18-16-14-10-6-2)40-38-50(60(56)58)55-45(33-35-47(67)31-27-11-7-3)43-53(63(65)71)57(51)59(49)55/h37-40,43-44,47-48,67-68H,5-32,41-42H2,1-4H3/t47-,48-/m0/s1. The predicted octanol–water partition coefficient (Wildman–Crippen LogP) is 15.4. The molecule has 0 unspecified atom stereocenters. The van der Waals surface area contributed by atoms with E-state index in [2.05, 4.69) is 51.4 Å². The van der Waals surface area contributed by atoms with Gasteiger partial charge in [-0.3, -0.25) is 29.0 Å². The van der Waals surface area contributed by atoms with Crippen LogP contribution in [-0.2, 0) is 0 Å². The van der Waals surface area contributed by atoms with Crippen molar-refractivity contribution in [2.24, 2.45) is 0 Å². The number of nitrogens with zero attached hydrogens (tertiary/aromatic N) is 2. The number of carbonyl (C=O) groups excluding carboxylic acids is 4. The van der Waals surface area contributed by atoms with Crippen LogP contribution < -0.4 is 0 Å². The summed E-state index contributed by atoms with van der Waals surface area (Å²) in [6.45, 7) is 9.35. The van der Waals surface area contributed by atoms with Crippen LogP contribution in [-0.4, -0.2) is 68.9 Å². The Morgan fingerprint density at radius 2 is 0.681 bits per heavy atom. The maximum Gasteiger partial charge on any atom is 0.261 e. The van der Waals surface area contributed by atoms with Gasteiger partial charge in [-0.2, -0.15) is 0 Å². The Balaban J connectivity index is 1.32. The third-order valence-corrected chi connectivity index (χ3v) is 15.4. The average molecular weight is 975 g/mol. The summed E-state index contributed by atoms with van der Waals surface area (Å²) in [5.74, 6) is 11.5. The largest absolute Gasteiger partial charge is 0.380 e. The van der Waals surface area contributed by atoms with E-state index in [-0.39, 0.29) is 23.6 Å². The van der Waals surface area contributed by atoms with Gasteiger partial charge in [-0.05, 0) is 73.6 Å². The fraction of sp³-hybridized carbons (Fsp3) is 0.562. The molecule has 0 spiro atoms. The van der Waals surface area contributed by atoms with Gasteiger partial charge in [-0.15, -0.1) is 0 Å². The Bertz CT molecular complexity index is 2630. The SMILES string of the molecule is CCCCCCCCCCCCN1C(=O)c2ccc3c4c(C#C[C@@H](O)CCCCC)cc5c6c(ccc(c7c(C#C[C@@H](O)CCCCC)cc(c2c37)C1=O)c64)C(=O)N(CCCCCCCCCCCC)C5=O. The molecule has 0 aromatic heterocycles. The first-order chi connectivity index (χ1) is 35.2. The molecule has 0 saturated carbocycles. The van der Waals surface area contributed by atoms with Gasteiger partial charge in [0.25, 0.3) is 23.6 Å². The highest BCUT2D eigenvalue weighted by molar-refractivity contribution is 6.42. The molecule has 0 saturated heterocycles. The second-order valence-electron chi connectivity index (χ2n) is 21.0. The van der Waals surface area contributed by atoms with E-state index in [1.165, 1.54) is 86.8 Å². The molecule has 5 aromatic carbocycles. The zero-order valence-electron chi connectivity index (χ0n) is 44.3. The summed E-state index contributed by atoms with van der Waals surface area (Å²) in [7, 11) is 0. The zero-order valence-corrected chi connectivity index (χ0v) is 44.3. The molecule has 7 rings (SSSR count). The van der Waals surface area contributed by atoms with Crippen LogP contribution in [0.4, 0.5) is 0 Å². The molecule has 0 bridgehead atoms. The molecular weight excluding hydrogens is 893 g/mol. The molecule has 72 heavy (non-hydrogen) atoms. The molecule has 2 aliphatic rings. The van der Waals surface area contributed by atoms with Crippen LogP contribution in [0.1, 0.15) is 260 Å². The van der Waals surface area contributed by atoms with Gasteiger partial charge in [-0.25, -0.2) is 0 Å². The van der Waals surface area contributed by atoms with Crippen molar-refractivity contribution in [2.75, 3.05) is 13.1 Å². The van der Waals surface area contributed by atoms with Gasteiger partial charge in [0.05, 0.1) is 0 Å². The normalized spacial score (nSPS) is 14.2. The number of imide groups is 2. The highest BCUT2D eigenvalue weighted by atomic mass is 16.3. The fourth-order valence-corrected chi connectivity index (χ4v) is 11.3. The van der Waals surface area contributed by atoms with Gasteiger partial charge >= 0.3 is 0 Å². The maximum atomic E-state index is 14.8. The molecule has 0 aliphatic carbocycles. The van der Waals surface area contributed by atoms with Crippen LogP contribution >= 0.6 is 0 Å². The third kappa shape index (κ3) is 12.5. The number of aliphatic hydroxyl groups is 2. The molecule has 2 atom stereocenters. The van der Waals surface area contributed by atoms with E-state index in [1.807, 2.05) is 24.3 Å². The average Bonchev–Trinajstić information content (AvgIpc) is 3.38. The first-order valence-electron chi connectivity index (χ1n) is 28.6. The monoisotopic (exact) mass is 975 g/mol. The molecule has 2 aliphatic heterocycles. The Morgan fingerprint density at radius 1 is 0.375 bits per heavy atom. The van der Waals surface area contributed by atoms with Gasteiger partial charge < -0.3 is 10.2 Å². The summed E-state index contributed by atoms with van der Waals surface area (Å²) < 4.78 is 0. The lowest BCUT2D eigenvalue weighted by atomic mass is 9.79. The Hall–Kier alpha value is -5.28. The lowest BCUT2D eigenvalue weighted by molar-refractivity contribution is 0.0592. The van der Waals surface area contributed by atoms with E-state index in [1.54, 1.807) is 12.1 Å². The minimum absolute atomic E-state index is 0.321. The number of carbonyl (C=O) groups is 4. The van der Waals surface area contributed by atoms with Crippen molar-refractivity contribution in [3.05, 3.63) is 69.8 Å². The van der Waals surface area contributed by atoms with Crippen LogP contribution in [0.25, 0.3) is 43.1 Å². The minimum atomic E-state index is -0.885. The molecule has 2 N–H and O–H groups in total. The van der Waals surface area contributed by atoms with E-state index in [0.29, 0.717) is 91.6 Å². The molecule has 2 heterocycles. The molecule has 384 valence electrons. The van der Waals surface area contributed by atoms with Crippen molar-refractivity contribution in [2.45, 2.75) is 220 Å². The molecule has 0 radical (unpaired) electrons. The molecule has 4 amide bonds. The first-order valence-corrected chi connectivity index (χ1v) is 28.6. The lowest BCUT2D eigenvalue weighted by Gasteiger charge is -2.31. The molecule has 5 aromatic rings. The Labute approximate surface area is 430 Å². The van der Waals surface area contributed by atoms with E-state index >= 15 is 0 Å². The Kier molecular flexibility index (Phi) is 20.5. The van der Waals surface area contributed by atoms with Crippen molar-refractivity contribution in [1.29, 1.82) is 0 Å². The van der Waals surface area contributed by atoms with Gasteiger partial charge in [0.1, 0.15) is 12.2 Å². The second-order valence-corrected chi connectivity index (χ2v) is 21.0. The topological polar surface area (TPSA) is 115 Å². The smallest absolute Gasteiger partial charge is 0.261 e. The maximum absolute atomic E-state index is 14.8. The van der Waals surface area contributed by atoms with E-state index < -0.39 is 12.2 Å². The number of hydrogen-bond donors (Lipinski definition) is 2. The number of rotatable bonds is 30. The van der Waals surface area contributed by atoms with Crippen LogP contribution in [0.5, 0.6) is 0 Å². The van der Waals surface area contributed by atoms with Crippen molar-refractivity contribution in [3.63, 3.8) is 0 Å². The summed E-state index contributed by atoms with van der Waals surface area (Å²) >= 11 is 0. The molecule has 8 heteroatoms. The van der Waals surface area contributed by atoms with Crippen LogP contribution in [0, 0.1) is 23.7 Å². The van der Waals surface area contributed by atoms with Crippen molar-refractivity contribution < 1.29 is 29.4 Å². The summed E-state index contributed by atoms with van der Waals surface area (Å²) in [4.78, 5) is 61.6. The number of aliphatic hydroxyl groups excluding tert-OH is 2. The first kappa shape index (κ1) is 54.5. The van der Waals surface area contributed by atoms with Crippen LogP contribution in [0.3, 0.4) is 0 Å². The third-order valence-electron chi connectivity index (χ3n) is 15.4. The molecule has 0 fully saturated rings. The number of unbranched alkanes of at least 4 members (excludes halogenated alkanes) is 22. The lowest BCUT2D eigenvalue weighted by Crippen LogP contribution is -2.41. The summed E-state index contributed by atoms with van der Waals surface area (Å²) in [6.07, 6.45) is 27.8. The van der Waals surface area contributed by atoms with Crippen molar-refractivity contribution in [3.8, 4) is 23.7 Å². The van der Waals surface area contributed by atoms with Gasteiger partial charge in [0.15, 0.2) is 0 Å². The highest BCUT2D eigenvalue weighted by Gasteiger charge is 2.38. The van der Waals surface area contributed by atoms with Crippen molar-refractivity contribution >= 4 is 66.7 Å². The zero-order chi connectivity index (χ0) is 51.0. The minimum Gasteiger partial charge on any atom is -0.380 e. The predicted molar refractivity (Wildman–Crippen MR) is 296 cm³/mol. The van der Waals surface area contributed by atoms with Crippen molar-refractivity contribution in [1.82, 2.24) is 9.80 Å². The quantitative estimate of drug-likeness (QED) is 0.0156. The van der Waals surface area contributed by atoms with E-state index in [0.717, 1.165) is 101 Å². The molecular formula is C64H82N2O6. The van der Waals surface area contributed by atoms with Gasteiger partial charge in [0, 0.05) is 78.8 Å². The number of fused-ring (bicyclic) bond motifs is 2. The van der Waals surface area contributed by atoms with E-state index in [9.17, 15) is 29.4 Å². The molecule has 8 nitrogen and oxygen atoms in total. The summed E-state index contributed by atoms with van der Waals surface area (Å²) in [6, 6.07) is 11.1. The Morgan fingerprint density at radius 3 is 1.03 bits per heavy atom. The van der Waals surface area contributed by atoms with Crippen LogP contribution in [0.2, 0.25) is 0 Å². The second kappa shape index (κ2) is 27.1. The fourth-order valence-electron chi connectivity index (χ4n) is 11.3.